The maximum absolute atomic E-state index is 12.6. The van der Waals surface area contributed by atoms with Crippen molar-refractivity contribution in [3.05, 3.63) is 45.7 Å². The summed E-state index contributed by atoms with van der Waals surface area (Å²) in [7, 11) is 0. The number of hydrogen-bond donors (Lipinski definition) is 1. The molecule has 0 radical (unpaired) electrons. The van der Waals surface area contributed by atoms with Crippen LogP contribution in [-0.2, 0) is 0 Å². The van der Waals surface area contributed by atoms with E-state index < -0.39 is 0 Å². The molecule has 1 aromatic heterocycles. The number of amides is 1. The van der Waals surface area contributed by atoms with E-state index >= 15 is 0 Å². The summed E-state index contributed by atoms with van der Waals surface area (Å²) in [5.41, 5.74) is 9.41. The standard InChI is InChI=1S/C18H23BrN4O/c1-12-17(19)13(2)23(21-12)16-5-3-15(4-6-16)18(24)22-9-7-14(11-20)8-10-22/h3-6,14H,7-11,20H2,1-2H3. The summed E-state index contributed by atoms with van der Waals surface area (Å²) in [4.78, 5) is 14.6. The highest BCUT2D eigenvalue weighted by atomic mass is 79.9. The van der Waals surface area contributed by atoms with Crippen molar-refractivity contribution in [3.63, 3.8) is 0 Å². The summed E-state index contributed by atoms with van der Waals surface area (Å²) in [5, 5.41) is 4.52. The van der Waals surface area contributed by atoms with Crippen LogP contribution in [0.1, 0.15) is 34.6 Å². The zero-order chi connectivity index (χ0) is 17.3. The van der Waals surface area contributed by atoms with Crippen molar-refractivity contribution in [3.8, 4) is 5.69 Å². The van der Waals surface area contributed by atoms with Crippen molar-refractivity contribution < 1.29 is 4.79 Å². The summed E-state index contributed by atoms with van der Waals surface area (Å²) < 4.78 is 2.91. The highest BCUT2D eigenvalue weighted by molar-refractivity contribution is 9.10. The fourth-order valence-electron chi connectivity index (χ4n) is 3.17. The first kappa shape index (κ1) is 17.2. The van der Waals surface area contributed by atoms with Crippen LogP contribution in [0.3, 0.4) is 0 Å². The van der Waals surface area contributed by atoms with Crippen LogP contribution in [0.15, 0.2) is 28.7 Å². The van der Waals surface area contributed by atoms with E-state index in [4.69, 9.17) is 5.73 Å². The van der Waals surface area contributed by atoms with Gasteiger partial charge in [-0.1, -0.05) is 0 Å². The Bertz CT molecular complexity index is 730. The van der Waals surface area contributed by atoms with Gasteiger partial charge in [0, 0.05) is 18.7 Å². The highest BCUT2D eigenvalue weighted by Gasteiger charge is 2.23. The zero-order valence-electron chi connectivity index (χ0n) is 14.1. The van der Waals surface area contributed by atoms with Gasteiger partial charge >= 0.3 is 0 Å². The van der Waals surface area contributed by atoms with E-state index in [0.717, 1.165) is 59.6 Å². The molecule has 2 heterocycles. The molecule has 1 saturated heterocycles. The SMILES string of the molecule is Cc1nn(-c2ccc(C(=O)N3CCC(CN)CC3)cc2)c(C)c1Br. The second-order valence-electron chi connectivity index (χ2n) is 6.41. The van der Waals surface area contributed by atoms with Gasteiger partial charge in [-0.3, -0.25) is 4.79 Å². The number of benzene rings is 1. The third-order valence-electron chi connectivity index (χ3n) is 4.80. The van der Waals surface area contributed by atoms with Gasteiger partial charge in [0.15, 0.2) is 0 Å². The summed E-state index contributed by atoms with van der Waals surface area (Å²) in [6.45, 7) is 6.30. The lowest BCUT2D eigenvalue weighted by Crippen LogP contribution is -2.40. The monoisotopic (exact) mass is 390 g/mol. The summed E-state index contributed by atoms with van der Waals surface area (Å²) >= 11 is 3.54. The minimum Gasteiger partial charge on any atom is -0.339 e. The largest absolute Gasteiger partial charge is 0.339 e. The first-order valence-electron chi connectivity index (χ1n) is 8.32. The third-order valence-corrected chi connectivity index (χ3v) is 5.94. The Hall–Kier alpha value is -1.66. The Morgan fingerprint density at radius 2 is 1.88 bits per heavy atom. The van der Waals surface area contributed by atoms with Gasteiger partial charge in [-0.2, -0.15) is 5.10 Å². The van der Waals surface area contributed by atoms with Gasteiger partial charge in [-0.25, -0.2) is 4.68 Å². The zero-order valence-corrected chi connectivity index (χ0v) is 15.7. The number of carbonyl (C=O) groups is 1. The molecule has 1 aliphatic heterocycles. The third kappa shape index (κ3) is 3.26. The first-order valence-corrected chi connectivity index (χ1v) is 9.12. The second kappa shape index (κ2) is 7.07. The van der Waals surface area contributed by atoms with Gasteiger partial charge < -0.3 is 10.6 Å². The highest BCUT2D eigenvalue weighted by Crippen LogP contribution is 2.24. The van der Waals surface area contributed by atoms with Crippen LogP contribution >= 0.6 is 15.9 Å². The maximum Gasteiger partial charge on any atom is 0.253 e. The topological polar surface area (TPSA) is 64.2 Å². The fourth-order valence-corrected chi connectivity index (χ4v) is 3.42. The van der Waals surface area contributed by atoms with E-state index in [0.29, 0.717) is 5.92 Å². The predicted molar refractivity (Wildman–Crippen MR) is 98.4 cm³/mol. The van der Waals surface area contributed by atoms with E-state index in [1.54, 1.807) is 0 Å². The van der Waals surface area contributed by atoms with Crippen LogP contribution in [0.2, 0.25) is 0 Å². The molecule has 6 heteroatoms. The van der Waals surface area contributed by atoms with Crippen LogP contribution in [0.25, 0.3) is 5.69 Å². The van der Waals surface area contributed by atoms with E-state index in [-0.39, 0.29) is 5.91 Å². The molecule has 0 unspecified atom stereocenters. The van der Waals surface area contributed by atoms with Gasteiger partial charge in [-0.05, 0) is 79.3 Å². The number of nitrogens with zero attached hydrogens (tertiary/aromatic N) is 3. The molecule has 1 aromatic carbocycles. The number of halogens is 1. The quantitative estimate of drug-likeness (QED) is 0.875. The van der Waals surface area contributed by atoms with Crippen LogP contribution in [0.4, 0.5) is 0 Å². The van der Waals surface area contributed by atoms with Crippen LogP contribution in [0, 0.1) is 19.8 Å². The Kier molecular flexibility index (Phi) is 5.06. The molecule has 0 atom stereocenters. The summed E-state index contributed by atoms with van der Waals surface area (Å²) in [5.74, 6) is 0.660. The molecule has 1 aliphatic rings. The molecule has 0 saturated carbocycles. The number of aromatic nitrogens is 2. The van der Waals surface area contributed by atoms with Gasteiger partial charge in [0.2, 0.25) is 0 Å². The number of nitrogens with two attached hydrogens (primary N) is 1. The summed E-state index contributed by atoms with van der Waals surface area (Å²) in [6.07, 6.45) is 2.00. The molecular weight excluding hydrogens is 368 g/mol. The molecular formula is C18H23BrN4O. The number of aryl methyl sites for hydroxylation is 1. The molecule has 0 spiro atoms. The van der Waals surface area contributed by atoms with E-state index in [9.17, 15) is 4.79 Å². The first-order chi connectivity index (χ1) is 11.5. The van der Waals surface area contributed by atoms with Gasteiger partial charge in [0.05, 0.1) is 21.5 Å². The number of hydrogen-bond acceptors (Lipinski definition) is 3. The second-order valence-corrected chi connectivity index (χ2v) is 7.21. The summed E-state index contributed by atoms with van der Waals surface area (Å²) in [6, 6.07) is 7.67. The van der Waals surface area contributed by atoms with Crippen molar-refractivity contribution in [2.45, 2.75) is 26.7 Å². The molecule has 1 fully saturated rings. The molecule has 2 aromatic rings. The molecule has 5 nitrogen and oxygen atoms in total. The van der Waals surface area contributed by atoms with Crippen molar-refractivity contribution >= 4 is 21.8 Å². The average Bonchev–Trinajstić information content (AvgIpc) is 2.89. The van der Waals surface area contributed by atoms with Crippen molar-refractivity contribution in [2.75, 3.05) is 19.6 Å². The minimum atomic E-state index is 0.103. The van der Waals surface area contributed by atoms with Gasteiger partial charge in [0.25, 0.3) is 5.91 Å². The van der Waals surface area contributed by atoms with E-state index in [1.807, 2.05) is 47.7 Å². The number of piperidine rings is 1. The van der Waals surface area contributed by atoms with Crippen LogP contribution in [-0.4, -0.2) is 40.2 Å². The Labute approximate surface area is 151 Å². The molecule has 2 N–H and O–H groups in total. The minimum absolute atomic E-state index is 0.103. The smallest absolute Gasteiger partial charge is 0.253 e. The Balaban J connectivity index is 1.75. The Morgan fingerprint density at radius 1 is 1.25 bits per heavy atom. The molecule has 0 aliphatic carbocycles. The lowest BCUT2D eigenvalue weighted by atomic mass is 9.96. The fraction of sp³-hybridized carbons (Fsp3) is 0.444. The number of carbonyl (C=O) groups excluding carboxylic acids is 1. The van der Waals surface area contributed by atoms with E-state index in [1.165, 1.54) is 0 Å². The lowest BCUT2D eigenvalue weighted by molar-refractivity contribution is 0.0693. The van der Waals surface area contributed by atoms with Crippen molar-refractivity contribution in [2.24, 2.45) is 11.7 Å². The van der Waals surface area contributed by atoms with Gasteiger partial charge in [-0.15, -0.1) is 0 Å². The lowest BCUT2D eigenvalue weighted by Gasteiger charge is -2.31. The van der Waals surface area contributed by atoms with Gasteiger partial charge in [0.1, 0.15) is 0 Å². The number of likely N-dealkylation sites (tertiary alicyclic amines) is 1. The Morgan fingerprint density at radius 3 is 2.38 bits per heavy atom. The molecule has 1 amide bonds. The van der Waals surface area contributed by atoms with Crippen molar-refractivity contribution in [1.82, 2.24) is 14.7 Å². The van der Waals surface area contributed by atoms with Crippen molar-refractivity contribution in [1.29, 1.82) is 0 Å². The molecule has 24 heavy (non-hydrogen) atoms. The predicted octanol–water partition coefficient (Wildman–Crippen LogP) is 3.06. The molecule has 0 bridgehead atoms. The van der Waals surface area contributed by atoms with Crippen LogP contribution in [0.5, 0.6) is 0 Å². The normalized spacial score (nSPS) is 15.8. The van der Waals surface area contributed by atoms with E-state index in [2.05, 4.69) is 21.0 Å². The maximum atomic E-state index is 12.6. The van der Waals surface area contributed by atoms with Crippen LogP contribution < -0.4 is 5.73 Å². The molecule has 3 rings (SSSR count). The average molecular weight is 391 g/mol. The molecule has 128 valence electrons. The number of rotatable bonds is 3.